The number of nitrogens with two attached hydrogens (primary N) is 1. The van der Waals surface area contributed by atoms with Gasteiger partial charge < -0.3 is 20.7 Å². The zero-order valence-corrected chi connectivity index (χ0v) is 15.0. The third-order valence-electron chi connectivity index (χ3n) is 5.04. The number of rotatable bonds is 4. The normalized spacial score (nSPS) is 18.4. The molecule has 0 unspecified atom stereocenters. The molecule has 0 bridgehead atoms. The van der Waals surface area contributed by atoms with E-state index >= 15 is 0 Å². The van der Waals surface area contributed by atoms with Crippen LogP contribution in [0.4, 0.5) is 4.79 Å². The van der Waals surface area contributed by atoms with E-state index < -0.39 is 6.03 Å². The number of amides is 3. The van der Waals surface area contributed by atoms with Gasteiger partial charge in [-0.25, -0.2) is 4.79 Å². The van der Waals surface area contributed by atoms with Crippen LogP contribution in [0.3, 0.4) is 0 Å². The standard InChI is InChI=1S/C20H22N4O3/c21-20(26)24-11-15-7-8-17(23-18(15)12-24)13-3-5-14(6-4-13)19(25)22-10-16-2-1-9-27-16/h3-8,16H,1-2,9-12H2,(H2,21,26)(H,22,25)/t16-/m1/s1. The third kappa shape index (κ3) is 3.78. The fourth-order valence-corrected chi connectivity index (χ4v) is 3.48. The van der Waals surface area contributed by atoms with Gasteiger partial charge in [-0.05, 0) is 36.6 Å². The van der Waals surface area contributed by atoms with Crippen molar-refractivity contribution in [1.82, 2.24) is 15.2 Å². The van der Waals surface area contributed by atoms with Crippen molar-refractivity contribution < 1.29 is 14.3 Å². The lowest BCUT2D eigenvalue weighted by molar-refractivity contribution is 0.0858. The van der Waals surface area contributed by atoms with Crippen LogP contribution < -0.4 is 11.1 Å². The minimum absolute atomic E-state index is 0.101. The highest BCUT2D eigenvalue weighted by molar-refractivity contribution is 5.94. The van der Waals surface area contributed by atoms with Gasteiger partial charge >= 0.3 is 6.03 Å². The molecular formula is C20H22N4O3. The molecule has 1 fully saturated rings. The molecule has 2 aliphatic rings. The molecule has 1 aromatic carbocycles. The lowest BCUT2D eigenvalue weighted by Crippen LogP contribution is -2.31. The van der Waals surface area contributed by atoms with Crippen LogP contribution in [0.2, 0.25) is 0 Å². The molecule has 3 N–H and O–H groups in total. The van der Waals surface area contributed by atoms with Crippen molar-refractivity contribution in [3.05, 3.63) is 53.2 Å². The summed E-state index contributed by atoms with van der Waals surface area (Å²) in [4.78, 5) is 29.8. The summed E-state index contributed by atoms with van der Waals surface area (Å²) in [6.45, 7) is 2.26. The van der Waals surface area contributed by atoms with Crippen molar-refractivity contribution in [2.45, 2.75) is 32.0 Å². The molecule has 2 aromatic rings. The van der Waals surface area contributed by atoms with Gasteiger partial charge in [-0.2, -0.15) is 0 Å². The zero-order valence-electron chi connectivity index (χ0n) is 15.0. The molecule has 3 amide bonds. The monoisotopic (exact) mass is 366 g/mol. The van der Waals surface area contributed by atoms with E-state index in [1.54, 1.807) is 17.0 Å². The summed E-state index contributed by atoms with van der Waals surface area (Å²) in [7, 11) is 0. The Morgan fingerprint density at radius 1 is 1.19 bits per heavy atom. The highest BCUT2D eigenvalue weighted by Crippen LogP contribution is 2.25. The summed E-state index contributed by atoms with van der Waals surface area (Å²) in [5, 5.41) is 2.92. The number of urea groups is 1. The second-order valence-corrected chi connectivity index (χ2v) is 6.92. The summed E-state index contributed by atoms with van der Waals surface area (Å²) >= 11 is 0. The fourth-order valence-electron chi connectivity index (χ4n) is 3.48. The quantitative estimate of drug-likeness (QED) is 0.865. The van der Waals surface area contributed by atoms with Crippen LogP contribution in [-0.2, 0) is 17.8 Å². The third-order valence-corrected chi connectivity index (χ3v) is 5.04. The van der Waals surface area contributed by atoms with E-state index in [-0.39, 0.29) is 12.0 Å². The minimum Gasteiger partial charge on any atom is -0.376 e. The Labute approximate surface area is 157 Å². The Balaban J connectivity index is 1.43. The number of hydrogen-bond donors (Lipinski definition) is 2. The molecule has 2 aliphatic heterocycles. The largest absolute Gasteiger partial charge is 0.376 e. The smallest absolute Gasteiger partial charge is 0.315 e. The first-order valence-corrected chi connectivity index (χ1v) is 9.13. The Bertz CT molecular complexity index is 860. The molecule has 1 aromatic heterocycles. The molecule has 7 heteroatoms. The van der Waals surface area contributed by atoms with E-state index in [2.05, 4.69) is 10.3 Å². The van der Waals surface area contributed by atoms with Crippen LogP contribution in [-0.4, -0.2) is 41.1 Å². The number of primary amides is 1. The number of carbonyl (C=O) groups excluding carboxylic acids is 2. The summed E-state index contributed by atoms with van der Waals surface area (Å²) in [5.74, 6) is -0.101. The van der Waals surface area contributed by atoms with Crippen molar-refractivity contribution in [3.63, 3.8) is 0 Å². The Morgan fingerprint density at radius 3 is 2.70 bits per heavy atom. The van der Waals surface area contributed by atoms with E-state index in [1.165, 1.54) is 0 Å². The van der Waals surface area contributed by atoms with Crippen molar-refractivity contribution in [2.24, 2.45) is 5.73 Å². The first-order chi connectivity index (χ1) is 13.1. The van der Waals surface area contributed by atoms with Gasteiger partial charge in [0.1, 0.15) is 0 Å². The molecule has 0 spiro atoms. The van der Waals surface area contributed by atoms with Crippen LogP contribution in [0.15, 0.2) is 36.4 Å². The van der Waals surface area contributed by atoms with Gasteiger partial charge in [-0.15, -0.1) is 0 Å². The second-order valence-electron chi connectivity index (χ2n) is 6.92. The highest BCUT2D eigenvalue weighted by Gasteiger charge is 2.23. The predicted molar refractivity (Wildman–Crippen MR) is 99.8 cm³/mol. The second kappa shape index (κ2) is 7.36. The van der Waals surface area contributed by atoms with Crippen LogP contribution in [0.25, 0.3) is 11.3 Å². The maximum absolute atomic E-state index is 12.3. The van der Waals surface area contributed by atoms with Gasteiger partial charge in [0.2, 0.25) is 0 Å². The average Bonchev–Trinajstić information content (AvgIpc) is 3.35. The first-order valence-electron chi connectivity index (χ1n) is 9.13. The molecular weight excluding hydrogens is 344 g/mol. The number of fused-ring (bicyclic) bond motifs is 1. The van der Waals surface area contributed by atoms with Crippen LogP contribution in [0, 0.1) is 0 Å². The lowest BCUT2D eigenvalue weighted by Gasteiger charge is -2.11. The number of nitrogens with one attached hydrogen (secondary N) is 1. The zero-order chi connectivity index (χ0) is 18.8. The molecule has 0 saturated carbocycles. The van der Waals surface area contributed by atoms with Crippen molar-refractivity contribution in [3.8, 4) is 11.3 Å². The Morgan fingerprint density at radius 2 is 2.00 bits per heavy atom. The highest BCUT2D eigenvalue weighted by atomic mass is 16.5. The summed E-state index contributed by atoms with van der Waals surface area (Å²) in [6, 6.07) is 10.8. The van der Waals surface area contributed by atoms with Crippen LogP contribution in [0.5, 0.6) is 0 Å². The molecule has 0 radical (unpaired) electrons. The Hall–Kier alpha value is -2.93. The number of benzene rings is 1. The number of aromatic nitrogens is 1. The average molecular weight is 366 g/mol. The molecule has 4 rings (SSSR count). The Kier molecular flexibility index (Phi) is 4.77. The molecule has 0 aliphatic carbocycles. The van der Waals surface area contributed by atoms with Crippen molar-refractivity contribution >= 4 is 11.9 Å². The maximum Gasteiger partial charge on any atom is 0.315 e. The summed E-state index contributed by atoms with van der Waals surface area (Å²) < 4.78 is 5.52. The fraction of sp³-hybridized carbons (Fsp3) is 0.350. The number of ether oxygens (including phenoxy) is 1. The van der Waals surface area contributed by atoms with E-state index in [0.717, 1.165) is 42.0 Å². The number of hydrogen-bond acceptors (Lipinski definition) is 4. The number of carbonyl (C=O) groups is 2. The van der Waals surface area contributed by atoms with Crippen LogP contribution in [0.1, 0.15) is 34.5 Å². The van der Waals surface area contributed by atoms with Gasteiger partial charge in [0.25, 0.3) is 5.91 Å². The van der Waals surface area contributed by atoms with Crippen LogP contribution >= 0.6 is 0 Å². The van der Waals surface area contributed by atoms with Gasteiger partial charge in [0, 0.05) is 30.8 Å². The topological polar surface area (TPSA) is 97.6 Å². The molecule has 1 atom stereocenters. The SMILES string of the molecule is NC(=O)N1Cc2ccc(-c3ccc(C(=O)NC[C@H]4CCCO4)cc3)nc2C1. The van der Waals surface area contributed by atoms with Gasteiger partial charge in [-0.1, -0.05) is 18.2 Å². The predicted octanol–water partition coefficient (Wildman–Crippen LogP) is 2.05. The van der Waals surface area contributed by atoms with Crippen molar-refractivity contribution in [2.75, 3.05) is 13.2 Å². The molecule has 3 heterocycles. The maximum atomic E-state index is 12.3. The molecule has 1 saturated heterocycles. The van der Waals surface area contributed by atoms with E-state index in [4.69, 9.17) is 10.5 Å². The van der Waals surface area contributed by atoms with Crippen molar-refractivity contribution in [1.29, 1.82) is 0 Å². The van der Waals surface area contributed by atoms with Gasteiger partial charge in [0.05, 0.1) is 24.0 Å². The van der Waals surface area contributed by atoms with Gasteiger partial charge in [0.15, 0.2) is 0 Å². The summed E-state index contributed by atoms with van der Waals surface area (Å²) in [5.41, 5.74) is 9.57. The number of pyridine rings is 1. The van der Waals surface area contributed by atoms with E-state index in [1.807, 2.05) is 24.3 Å². The molecule has 27 heavy (non-hydrogen) atoms. The first kappa shape index (κ1) is 17.5. The summed E-state index contributed by atoms with van der Waals surface area (Å²) in [6.07, 6.45) is 2.18. The minimum atomic E-state index is -0.437. The number of nitrogens with zero attached hydrogens (tertiary/aromatic N) is 2. The lowest BCUT2D eigenvalue weighted by atomic mass is 10.1. The van der Waals surface area contributed by atoms with E-state index in [9.17, 15) is 9.59 Å². The van der Waals surface area contributed by atoms with Gasteiger partial charge in [-0.3, -0.25) is 9.78 Å². The molecule has 7 nitrogen and oxygen atoms in total. The van der Waals surface area contributed by atoms with E-state index in [0.29, 0.717) is 25.2 Å². The molecule has 140 valence electrons.